The van der Waals surface area contributed by atoms with E-state index in [4.69, 9.17) is 9.47 Å². The summed E-state index contributed by atoms with van der Waals surface area (Å²) in [5.74, 6) is -1.32. The van der Waals surface area contributed by atoms with Crippen LogP contribution in [0.5, 0.6) is 5.75 Å². The number of hydrogen-bond acceptors (Lipinski definition) is 5. The van der Waals surface area contributed by atoms with Gasteiger partial charge in [-0.2, -0.15) is 0 Å². The predicted octanol–water partition coefficient (Wildman–Crippen LogP) is 4.49. The molecule has 0 aromatic heterocycles. The lowest BCUT2D eigenvalue weighted by atomic mass is 9.98. The van der Waals surface area contributed by atoms with Crippen molar-refractivity contribution >= 4 is 18.0 Å². The molecule has 1 atom stereocenters. The fraction of sp³-hybridized carbons (Fsp3) is 0.222. The van der Waals surface area contributed by atoms with Gasteiger partial charge in [0.15, 0.2) is 0 Å². The van der Waals surface area contributed by atoms with Crippen LogP contribution < -0.4 is 4.74 Å². The lowest BCUT2D eigenvalue weighted by Crippen LogP contribution is -2.44. The predicted molar refractivity (Wildman–Crippen MR) is 126 cm³/mol. The van der Waals surface area contributed by atoms with E-state index >= 15 is 0 Å². The largest absolute Gasteiger partial charge is 0.480 e. The fourth-order valence-corrected chi connectivity index (χ4v) is 4.30. The van der Waals surface area contributed by atoms with Crippen molar-refractivity contribution in [1.29, 1.82) is 0 Å². The summed E-state index contributed by atoms with van der Waals surface area (Å²) in [7, 11) is 1.42. The molecule has 0 bridgehead atoms. The van der Waals surface area contributed by atoms with Crippen LogP contribution in [0.3, 0.4) is 0 Å². The van der Waals surface area contributed by atoms with E-state index in [1.54, 1.807) is 24.3 Å². The Bertz CT molecular complexity index is 1170. The van der Waals surface area contributed by atoms with E-state index in [0.717, 1.165) is 27.2 Å². The van der Waals surface area contributed by atoms with Gasteiger partial charge in [0, 0.05) is 26.3 Å². The molecule has 1 aliphatic carbocycles. The number of carbonyl (C=O) groups is 3. The molecule has 3 aromatic rings. The summed E-state index contributed by atoms with van der Waals surface area (Å²) in [5.41, 5.74) is 5.09. The third kappa shape index (κ3) is 4.78. The number of esters is 1. The highest BCUT2D eigenvalue weighted by Gasteiger charge is 2.32. The van der Waals surface area contributed by atoms with Gasteiger partial charge in [0.25, 0.3) is 0 Å². The highest BCUT2D eigenvalue weighted by Crippen LogP contribution is 2.44. The van der Waals surface area contributed by atoms with Crippen LogP contribution in [-0.2, 0) is 20.7 Å². The molecular weight excluding hydrogens is 434 g/mol. The Morgan fingerprint density at radius 2 is 1.47 bits per heavy atom. The van der Waals surface area contributed by atoms with Crippen molar-refractivity contribution in [2.45, 2.75) is 25.3 Å². The molecule has 1 N–H and O–H groups in total. The lowest BCUT2D eigenvalue weighted by Gasteiger charge is -2.25. The van der Waals surface area contributed by atoms with Crippen LogP contribution in [0.4, 0.5) is 4.79 Å². The number of rotatable bonds is 7. The number of fused-ring (bicyclic) bond motifs is 3. The van der Waals surface area contributed by atoms with Crippen molar-refractivity contribution in [3.05, 3.63) is 89.5 Å². The van der Waals surface area contributed by atoms with Crippen LogP contribution in [0, 0.1) is 0 Å². The van der Waals surface area contributed by atoms with E-state index in [1.807, 2.05) is 36.4 Å². The molecule has 0 radical (unpaired) electrons. The highest BCUT2D eigenvalue weighted by atomic mass is 16.6. The van der Waals surface area contributed by atoms with E-state index in [9.17, 15) is 19.5 Å². The SMILES string of the molecule is CC(=O)Oc1ccc(C[C@H](C(=O)O)N(C)C(=O)OCC2c3ccccc3-c3ccccc32)cc1. The number of ether oxygens (including phenoxy) is 2. The number of hydrogen-bond donors (Lipinski definition) is 1. The maximum Gasteiger partial charge on any atom is 0.410 e. The van der Waals surface area contributed by atoms with Gasteiger partial charge in [0.05, 0.1) is 0 Å². The first kappa shape index (κ1) is 23.0. The molecule has 4 rings (SSSR count). The van der Waals surface area contributed by atoms with Gasteiger partial charge >= 0.3 is 18.0 Å². The first-order valence-electron chi connectivity index (χ1n) is 10.9. The second-order valence-electron chi connectivity index (χ2n) is 8.21. The van der Waals surface area contributed by atoms with Crippen LogP contribution in [0.2, 0.25) is 0 Å². The average Bonchev–Trinajstić information content (AvgIpc) is 3.15. The molecule has 0 aliphatic heterocycles. The molecule has 3 aromatic carbocycles. The van der Waals surface area contributed by atoms with Gasteiger partial charge in [0.2, 0.25) is 0 Å². The normalized spacial score (nSPS) is 12.9. The molecule has 0 unspecified atom stereocenters. The Balaban J connectivity index is 1.44. The Hall–Kier alpha value is -4.13. The molecule has 0 heterocycles. The minimum absolute atomic E-state index is 0.0797. The number of carboxylic acids is 1. The summed E-state index contributed by atoms with van der Waals surface area (Å²) in [6.07, 6.45) is -0.623. The Kier molecular flexibility index (Phi) is 6.63. The number of nitrogens with zero attached hydrogens (tertiary/aromatic N) is 1. The number of amides is 1. The van der Waals surface area contributed by atoms with Crippen LogP contribution in [0.1, 0.15) is 29.5 Å². The number of likely N-dealkylation sites (N-methyl/N-ethyl adjacent to an activating group) is 1. The second-order valence-corrected chi connectivity index (χ2v) is 8.21. The Morgan fingerprint density at radius 1 is 0.912 bits per heavy atom. The number of benzene rings is 3. The van der Waals surface area contributed by atoms with E-state index in [2.05, 4.69) is 12.1 Å². The van der Waals surface area contributed by atoms with Gasteiger partial charge in [0.1, 0.15) is 18.4 Å². The maximum absolute atomic E-state index is 12.8. The molecule has 0 saturated carbocycles. The molecule has 0 fully saturated rings. The minimum Gasteiger partial charge on any atom is -0.480 e. The summed E-state index contributed by atoms with van der Waals surface area (Å²) in [4.78, 5) is 36.9. The summed E-state index contributed by atoms with van der Waals surface area (Å²) in [6, 6.07) is 21.4. The number of carbonyl (C=O) groups excluding carboxylic acids is 2. The summed E-state index contributed by atoms with van der Waals surface area (Å²) in [6.45, 7) is 1.42. The molecular formula is C27H25NO6. The quantitative estimate of drug-likeness (QED) is 0.413. The van der Waals surface area contributed by atoms with Crippen molar-refractivity contribution in [2.75, 3.05) is 13.7 Å². The molecule has 0 saturated heterocycles. The molecule has 7 nitrogen and oxygen atoms in total. The van der Waals surface area contributed by atoms with Crippen molar-refractivity contribution in [3.63, 3.8) is 0 Å². The average molecular weight is 459 g/mol. The van der Waals surface area contributed by atoms with Crippen LogP contribution >= 0.6 is 0 Å². The van der Waals surface area contributed by atoms with Gasteiger partial charge < -0.3 is 14.6 Å². The van der Waals surface area contributed by atoms with Crippen molar-refractivity contribution < 1.29 is 29.0 Å². The first-order chi connectivity index (χ1) is 16.3. The molecule has 34 heavy (non-hydrogen) atoms. The molecule has 7 heteroatoms. The molecule has 174 valence electrons. The lowest BCUT2D eigenvalue weighted by molar-refractivity contribution is -0.142. The summed E-state index contributed by atoms with van der Waals surface area (Å²) < 4.78 is 10.6. The zero-order chi connectivity index (χ0) is 24.2. The van der Waals surface area contributed by atoms with E-state index in [-0.39, 0.29) is 18.9 Å². The third-order valence-electron chi connectivity index (χ3n) is 5.99. The first-order valence-corrected chi connectivity index (χ1v) is 10.9. The standard InChI is InChI=1S/C27H25NO6/c1-17(29)34-19-13-11-18(12-14-19)15-25(26(30)31)28(2)27(32)33-16-24-22-9-5-3-7-20(22)21-8-4-6-10-23(21)24/h3-14,24-25H,15-16H2,1-2H3,(H,30,31)/t25-/m1/s1. The third-order valence-corrected chi connectivity index (χ3v) is 5.99. The molecule has 1 amide bonds. The van der Waals surface area contributed by atoms with Crippen molar-refractivity contribution in [3.8, 4) is 16.9 Å². The zero-order valence-electron chi connectivity index (χ0n) is 18.9. The van der Waals surface area contributed by atoms with E-state index in [0.29, 0.717) is 11.3 Å². The van der Waals surface area contributed by atoms with Gasteiger partial charge in [-0.15, -0.1) is 0 Å². The van der Waals surface area contributed by atoms with Crippen LogP contribution in [-0.4, -0.2) is 47.7 Å². The Labute approximate surface area is 197 Å². The molecule has 1 aliphatic rings. The smallest absolute Gasteiger partial charge is 0.410 e. The van der Waals surface area contributed by atoms with Gasteiger partial charge in [-0.3, -0.25) is 9.69 Å². The van der Waals surface area contributed by atoms with Crippen molar-refractivity contribution in [2.24, 2.45) is 0 Å². The zero-order valence-corrected chi connectivity index (χ0v) is 18.9. The highest BCUT2D eigenvalue weighted by molar-refractivity contribution is 5.81. The Morgan fingerprint density at radius 3 is 2.00 bits per heavy atom. The van der Waals surface area contributed by atoms with E-state index in [1.165, 1.54) is 14.0 Å². The fourth-order valence-electron chi connectivity index (χ4n) is 4.30. The second kappa shape index (κ2) is 9.79. The number of carboxylic acid groups (broad SMARTS) is 1. The minimum atomic E-state index is -1.14. The number of aliphatic carboxylic acids is 1. The van der Waals surface area contributed by atoms with Crippen LogP contribution in [0.25, 0.3) is 11.1 Å². The van der Waals surface area contributed by atoms with Crippen molar-refractivity contribution in [1.82, 2.24) is 4.90 Å². The van der Waals surface area contributed by atoms with Gasteiger partial charge in [-0.05, 0) is 39.9 Å². The van der Waals surface area contributed by atoms with Gasteiger partial charge in [-0.1, -0.05) is 60.7 Å². The maximum atomic E-state index is 12.8. The monoisotopic (exact) mass is 459 g/mol. The molecule has 0 spiro atoms. The topological polar surface area (TPSA) is 93.1 Å². The van der Waals surface area contributed by atoms with Crippen LogP contribution in [0.15, 0.2) is 72.8 Å². The van der Waals surface area contributed by atoms with E-state index < -0.39 is 24.1 Å². The van der Waals surface area contributed by atoms with Gasteiger partial charge in [-0.25, -0.2) is 9.59 Å². The summed E-state index contributed by atoms with van der Waals surface area (Å²) >= 11 is 0. The summed E-state index contributed by atoms with van der Waals surface area (Å²) in [5, 5.41) is 9.75.